The lowest BCUT2D eigenvalue weighted by atomic mass is 9.25. The van der Waals surface area contributed by atoms with E-state index in [1.165, 1.54) is 0 Å². The molecule has 0 unspecified atom stereocenters. The van der Waals surface area contributed by atoms with Crippen LogP contribution in [0.3, 0.4) is 0 Å². The van der Waals surface area contributed by atoms with E-state index in [1.807, 2.05) is 0 Å². The minimum Gasteiger partial charge on any atom is -0.0832 e. The molecule has 0 N–H and O–H groups in total. The van der Waals surface area contributed by atoms with Gasteiger partial charge in [0.2, 0.25) is 0 Å². The van der Waals surface area contributed by atoms with E-state index in [2.05, 4.69) is 52.0 Å². The SMILES string of the molecule is CC1=C(C)[C@@]23[C@@H]1C=C[C@@H]2[C@@H]1C=C[C@H]2C(C)=C(C)[C@]213. The molecule has 18 heavy (non-hydrogen) atoms. The van der Waals surface area contributed by atoms with Crippen molar-refractivity contribution in [1.82, 2.24) is 0 Å². The van der Waals surface area contributed by atoms with E-state index in [0.29, 0.717) is 10.8 Å². The number of rotatable bonds is 0. The van der Waals surface area contributed by atoms with Crippen molar-refractivity contribution in [3.05, 3.63) is 46.6 Å². The molecule has 5 rings (SSSR count). The summed E-state index contributed by atoms with van der Waals surface area (Å²) < 4.78 is 0. The van der Waals surface area contributed by atoms with Crippen LogP contribution in [0.15, 0.2) is 46.6 Å². The fourth-order valence-corrected chi connectivity index (χ4v) is 6.78. The maximum absolute atomic E-state index is 2.54. The summed E-state index contributed by atoms with van der Waals surface area (Å²) in [4.78, 5) is 0. The van der Waals surface area contributed by atoms with Crippen molar-refractivity contribution >= 4 is 0 Å². The predicted octanol–water partition coefficient (Wildman–Crippen LogP) is 4.28. The van der Waals surface area contributed by atoms with Gasteiger partial charge in [0, 0.05) is 22.7 Å². The molecule has 6 atom stereocenters. The molecule has 0 aromatic rings. The average molecular weight is 236 g/mol. The van der Waals surface area contributed by atoms with Crippen LogP contribution in [0, 0.1) is 34.5 Å². The normalized spacial score (nSPS) is 57.6. The summed E-state index contributed by atoms with van der Waals surface area (Å²) in [6, 6.07) is 0. The Morgan fingerprint density at radius 1 is 0.667 bits per heavy atom. The van der Waals surface area contributed by atoms with Crippen LogP contribution in [0.25, 0.3) is 0 Å². The zero-order chi connectivity index (χ0) is 12.4. The first-order valence-electron chi connectivity index (χ1n) is 7.32. The van der Waals surface area contributed by atoms with Crippen molar-refractivity contribution in [3.8, 4) is 0 Å². The molecule has 0 aromatic heterocycles. The molecule has 1 fully saturated rings. The molecule has 0 aromatic carbocycles. The lowest BCUT2D eigenvalue weighted by Gasteiger charge is -2.77. The minimum absolute atomic E-state index is 0.500. The molecular weight excluding hydrogens is 216 g/mol. The molecule has 1 saturated carbocycles. The third-order valence-electron chi connectivity index (χ3n) is 7.48. The van der Waals surface area contributed by atoms with Crippen LogP contribution >= 0.6 is 0 Å². The summed E-state index contributed by atoms with van der Waals surface area (Å²) in [5.74, 6) is 3.11. The van der Waals surface area contributed by atoms with Gasteiger partial charge in [-0.2, -0.15) is 0 Å². The van der Waals surface area contributed by atoms with E-state index in [4.69, 9.17) is 0 Å². The zero-order valence-corrected chi connectivity index (χ0v) is 11.6. The molecule has 0 amide bonds. The van der Waals surface area contributed by atoms with Gasteiger partial charge < -0.3 is 0 Å². The van der Waals surface area contributed by atoms with E-state index >= 15 is 0 Å². The number of hydrogen-bond donors (Lipinski definition) is 0. The Kier molecular flexibility index (Phi) is 1.29. The van der Waals surface area contributed by atoms with Crippen LogP contribution in [0.2, 0.25) is 0 Å². The van der Waals surface area contributed by atoms with E-state index in [9.17, 15) is 0 Å². The monoisotopic (exact) mass is 236 g/mol. The van der Waals surface area contributed by atoms with Crippen LogP contribution in [0.4, 0.5) is 0 Å². The maximum Gasteiger partial charge on any atom is 0.0189 e. The first-order chi connectivity index (χ1) is 8.59. The molecule has 0 bridgehead atoms. The standard InChI is InChI=1S/C18H20/c1-9-11(3)17-13(9)5-7-15(17)16-8-6-14-10(2)12(4)18(14,16)17/h5-8,13-16H,1-4H3/t13-,14+,15-,16+,17-,18+. The second-order valence-corrected chi connectivity index (χ2v) is 7.13. The molecule has 92 valence electrons. The van der Waals surface area contributed by atoms with Crippen LogP contribution < -0.4 is 0 Å². The smallest absolute Gasteiger partial charge is 0.0189 e. The lowest BCUT2D eigenvalue weighted by molar-refractivity contribution is -0.167. The Labute approximate surface area is 109 Å². The maximum atomic E-state index is 2.54. The van der Waals surface area contributed by atoms with Crippen molar-refractivity contribution in [2.45, 2.75) is 27.7 Å². The molecule has 0 heterocycles. The van der Waals surface area contributed by atoms with Gasteiger partial charge in [0.25, 0.3) is 0 Å². The van der Waals surface area contributed by atoms with Gasteiger partial charge in [0.05, 0.1) is 0 Å². The highest BCUT2D eigenvalue weighted by Crippen LogP contribution is 2.88. The van der Waals surface area contributed by atoms with Gasteiger partial charge in [-0.15, -0.1) is 0 Å². The molecule has 5 aliphatic carbocycles. The summed E-state index contributed by atoms with van der Waals surface area (Å²) in [6.45, 7) is 9.52. The van der Waals surface area contributed by atoms with Crippen molar-refractivity contribution in [3.63, 3.8) is 0 Å². The quantitative estimate of drug-likeness (QED) is 0.551. The van der Waals surface area contributed by atoms with Gasteiger partial charge in [-0.1, -0.05) is 46.6 Å². The van der Waals surface area contributed by atoms with Crippen LogP contribution in [-0.2, 0) is 0 Å². The van der Waals surface area contributed by atoms with E-state index in [1.54, 1.807) is 22.3 Å². The number of allylic oxidation sites excluding steroid dienone is 8. The van der Waals surface area contributed by atoms with E-state index in [-0.39, 0.29) is 0 Å². The van der Waals surface area contributed by atoms with Gasteiger partial charge in [-0.25, -0.2) is 0 Å². The van der Waals surface area contributed by atoms with Gasteiger partial charge in [0.15, 0.2) is 0 Å². The zero-order valence-electron chi connectivity index (χ0n) is 11.6. The van der Waals surface area contributed by atoms with Gasteiger partial charge in [-0.05, 0) is 39.5 Å². The third kappa shape index (κ3) is 0.533. The van der Waals surface area contributed by atoms with Crippen molar-refractivity contribution in [2.75, 3.05) is 0 Å². The first kappa shape index (κ1) is 9.83. The molecule has 5 aliphatic rings. The summed E-state index contributed by atoms with van der Waals surface area (Å²) in [5, 5.41) is 0. The van der Waals surface area contributed by atoms with Crippen LogP contribution in [0.1, 0.15) is 27.7 Å². The molecule has 2 spiro atoms. The van der Waals surface area contributed by atoms with E-state index in [0.717, 1.165) is 23.7 Å². The highest BCUT2D eigenvalue weighted by Gasteiger charge is 2.83. The predicted molar refractivity (Wildman–Crippen MR) is 73.9 cm³/mol. The summed E-state index contributed by atoms with van der Waals surface area (Å²) >= 11 is 0. The number of hydrogen-bond acceptors (Lipinski definition) is 0. The van der Waals surface area contributed by atoms with Gasteiger partial charge in [-0.3, -0.25) is 0 Å². The molecule has 0 saturated heterocycles. The topological polar surface area (TPSA) is 0 Å². The Balaban J connectivity index is 1.80. The van der Waals surface area contributed by atoms with Crippen molar-refractivity contribution in [2.24, 2.45) is 34.5 Å². The Hall–Kier alpha value is -1.04. The fraction of sp³-hybridized carbons (Fsp3) is 0.556. The first-order valence-corrected chi connectivity index (χ1v) is 7.32. The Bertz CT molecular complexity index is 570. The molecule has 0 heteroatoms. The Morgan fingerprint density at radius 2 is 1.06 bits per heavy atom. The summed E-state index contributed by atoms with van der Waals surface area (Å²) in [7, 11) is 0. The van der Waals surface area contributed by atoms with Gasteiger partial charge in [0.1, 0.15) is 0 Å². The highest BCUT2D eigenvalue weighted by molar-refractivity contribution is 5.64. The third-order valence-corrected chi connectivity index (χ3v) is 7.48. The fourth-order valence-electron chi connectivity index (χ4n) is 6.78. The molecular formula is C18H20. The van der Waals surface area contributed by atoms with E-state index < -0.39 is 0 Å². The van der Waals surface area contributed by atoms with Crippen molar-refractivity contribution < 1.29 is 0 Å². The molecule has 0 nitrogen and oxygen atoms in total. The Morgan fingerprint density at radius 3 is 1.44 bits per heavy atom. The summed E-state index contributed by atoms with van der Waals surface area (Å²) in [5.41, 5.74) is 7.76. The molecule has 0 aliphatic heterocycles. The van der Waals surface area contributed by atoms with Crippen LogP contribution in [0.5, 0.6) is 0 Å². The van der Waals surface area contributed by atoms with Crippen molar-refractivity contribution in [1.29, 1.82) is 0 Å². The highest BCUT2D eigenvalue weighted by atomic mass is 14.9. The minimum atomic E-state index is 0.500. The average Bonchev–Trinajstić information content (AvgIpc) is 2.84. The number of fused-ring (bicyclic) bond motifs is 1. The summed E-state index contributed by atoms with van der Waals surface area (Å²) in [6.07, 6.45) is 10.1. The van der Waals surface area contributed by atoms with Gasteiger partial charge >= 0.3 is 0 Å². The van der Waals surface area contributed by atoms with Crippen LogP contribution in [-0.4, -0.2) is 0 Å². The largest absolute Gasteiger partial charge is 0.0832 e. The second kappa shape index (κ2) is 2.35. The molecule has 0 radical (unpaired) electrons. The lowest BCUT2D eigenvalue weighted by Crippen LogP contribution is -2.73. The second-order valence-electron chi connectivity index (χ2n) is 7.13.